The maximum Gasteiger partial charge on any atom is 0.123 e. The summed E-state index contributed by atoms with van der Waals surface area (Å²) in [6, 6.07) is 14.1. The van der Waals surface area contributed by atoms with E-state index in [1.165, 1.54) is 12.1 Å². The van der Waals surface area contributed by atoms with E-state index in [1.807, 2.05) is 35.9 Å². The predicted molar refractivity (Wildman–Crippen MR) is 91.5 cm³/mol. The second-order valence-corrected chi connectivity index (χ2v) is 5.77. The Morgan fingerprint density at radius 3 is 2.61 bits per heavy atom. The van der Waals surface area contributed by atoms with Crippen LogP contribution in [0.1, 0.15) is 11.3 Å². The van der Waals surface area contributed by atoms with Gasteiger partial charge in [-0.15, -0.1) is 0 Å². The molecule has 0 radical (unpaired) electrons. The normalized spacial score (nSPS) is 11.0. The van der Waals surface area contributed by atoms with Gasteiger partial charge in [-0.05, 0) is 61.5 Å². The molecule has 3 aromatic rings. The van der Waals surface area contributed by atoms with E-state index in [2.05, 4.69) is 5.10 Å². The maximum absolute atomic E-state index is 13.2. The van der Waals surface area contributed by atoms with Crippen molar-refractivity contribution in [2.45, 2.75) is 13.3 Å². The van der Waals surface area contributed by atoms with Gasteiger partial charge in [-0.3, -0.25) is 0 Å². The van der Waals surface area contributed by atoms with Crippen LogP contribution in [0.5, 0.6) is 0 Å². The molecule has 0 amide bonds. The van der Waals surface area contributed by atoms with Gasteiger partial charge in [-0.2, -0.15) is 5.10 Å². The SMILES string of the molecule is Cc1c(Cl)cccc1-n1nc(CCN)cc1-c1ccc(F)cc1. The first-order valence-electron chi connectivity index (χ1n) is 7.40. The number of rotatable bonds is 4. The number of hydrogen-bond acceptors (Lipinski definition) is 2. The summed E-state index contributed by atoms with van der Waals surface area (Å²) in [4.78, 5) is 0. The topological polar surface area (TPSA) is 43.8 Å². The second kappa shape index (κ2) is 6.52. The Bertz CT molecular complexity index is 825. The van der Waals surface area contributed by atoms with Gasteiger partial charge in [0.2, 0.25) is 0 Å². The largest absolute Gasteiger partial charge is 0.330 e. The van der Waals surface area contributed by atoms with E-state index in [0.29, 0.717) is 18.0 Å². The van der Waals surface area contributed by atoms with Crippen LogP contribution in [-0.2, 0) is 6.42 Å². The third-order valence-electron chi connectivity index (χ3n) is 3.77. The third-order valence-corrected chi connectivity index (χ3v) is 4.18. The molecule has 3 nitrogen and oxygen atoms in total. The summed E-state index contributed by atoms with van der Waals surface area (Å²) in [6.07, 6.45) is 0.681. The third kappa shape index (κ3) is 3.14. The Kier molecular flexibility index (Phi) is 4.46. The highest BCUT2D eigenvalue weighted by atomic mass is 35.5. The molecule has 0 aliphatic carbocycles. The minimum Gasteiger partial charge on any atom is -0.330 e. The van der Waals surface area contributed by atoms with Crippen LogP contribution in [0.15, 0.2) is 48.5 Å². The lowest BCUT2D eigenvalue weighted by Gasteiger charge is -2.11. The number of aromatic nitrogens is 2. The standard InChI is InChI=1S/C18H17ClFN3/c1-12-16(19)3-2-4-17(12)23-18(11-15(22-23)9-10-21)13-5-7-14(20)8-6-13/h2-8,11H,9-10,21H2,1H3. The second-order valence-electron chi connectivity index (χ2n) is 5.36. The van der Waals surface area contributed by atoms with E-state index >= 15 is 0 Å². The first-order chi connectivity index (χ1) is 11.1. The summed E-state index contributed by atoms with van der Waals surface area (Å²) in [5.74, 6) is -0.263. The van der Waals surface area contributed by atoms with Gasteiger partial charge < -0.3 is 5.73 Å². The minimum absolute atomic E-state index is 0.263. The number of nitrogens with two attached hydrogens (primary N) is 1. The summed E-state index contributed by atoms with van der Waals surface area (Å²) in [6.45, 7) is 2.48. The fourth-order valence-corrected chi connectivity index (χ4v) is 2.71. The molecule has 0 atom stereocenters. The van der Waals surface area contributed by atoms with Gasteiger partial charge in [-0.25, -0.2) is 9.07 Å². The van der Waals surface area contributed by atoms with Gasteiger partial charge in [-0.1, -0.05) is 17.7 Å². The molecule has 0 unspecified atom stereocenters. The van der Waals surface area contributed by atoms with Crippen molar-refractivity contribution >= 4 is 11.6 Å². The molecular formula is C18H17ClFN3. The summed E-state index contributed by atoms with van der Waals surface area (Å²) < 4.78 is 15.1. The number of halogens is 2. The van der Waals surface area contributed by atoms with Crippen LogP contribution in [0, 0.1) is 12.7 Å². The maximum atomic E-state index is 13.2. The summed E-state index contributed by atoms with van der Waals surface area (Å²) in [5.41, 5.74) is 10.2. The van der Waals surface area contributed by atoms with Crippen LogP contribution in [0.2, 0.25) is 5.02 Å². The molecule has 1 heterocycles. The predicted octanol–water partition coefficient (Wildman–Crippen LogP) is 4.14. The lowest BCUT2D eigenvalue weighted by atomic mass is 10.1. The lowest BCUT2D eigenvalue weighted by molar-refractivity contribution is 0.628. The molecule has 0 fully saturated rings. The van der Waals surface area contributed by atoms with Crippen LogP contribution >= 0.6 is 11.6 Å². The highest BCUT2D eigenvalue weighted by molar-refractivity contribution is 6.31. The molecule has 2 N–H and O–H groups in total. The summed E-state index contributed by atoms with van der Waals surface area (Å²) in [7, 11) is 0. The van der Waals surface area contributed by atoms with Gasteiger partial charge >= 0.3 is 0 Å². The number of nitrogens with zero attached hydrogens (tertiary/aromatic N) is 2. The Hall–Kier alpha value is -2.17. The summed E-state index contributed by atoms with van der Waals surface area (Å²) >= 11 is 6.24. The molecule has 0 bridgehead atoms. The fourth-order valence-electron chi connectivity index (χ4n) is 2.54. The van der Waals surface area contributed by atoms with Crippen molar-refractivity contribution in [3.8, 4) is 16.9 Å². The van der Waals surface area contributed by atoms with Crippen LogP contribution in [-0.4, -0.2) is 16.3 Å². The van der Waals surface area contributed by atoms with Crippen molar-refractivity contribution in [1.29, 1.82) is 0 Å². The Labute approximate surface area is 139 Å². The van der Waals surface area contributed by atoms with Crippen molar-refractivity contribution < 1.29 is 4.39 Å². The Balaban J connectivity index is 2.18. The van der Waals surface area contributed by atoms with Crippen molar-refractivity contribution in [3.63, 3.8) is 0 Å². The van der Waals surface area contributed by atoms with E-state index in [1.54, 1.807) is 12.1 Å². The molecule has 1 aromatic heterocycles. The zero-order chi connectivity index (χ0) is 16.4. The highest BCUT2D eigenvalue weighted by Crippen LogP contribution is 2.28. The van der Waals surface area contributed by atoms with E-state index in [-0.39, 0.29) is 5.82 Å². The lowest BCUT2D eigenvalue weighted by Crippen LogP contribution is -2.05. The average molecular weight is 330 g/mol. The Morgan fingerprint density at radius 2 is 1.91 bits per heavy atom. The van der Waals surface area contributed by atoms with Crippen molar-refractivity contribution in [2.75, 3.05) is 6.54 Å². The van der Waals surface area contributed by atoms with Gasteiger partial charge in [0.1, 0.15) is 5.82 Å². The molecule has 0 spiro atoms. The van der Waals surface area contributed by atoms with Crippen molar-refractivity contribution in [3.05, 3.63) is 70.6 Å². The van der Waals surface area contributed by atoms with Gasteiger partial charge in [0, 0.05) is 17.0 Å². The zero-order valence-corrected chi connectivity index (χ0v) is 13.5. The molecule has 2 aromatic carbocycles. The number of benzene rings is 2. The van der Waals surface area contributed by atoms with Gasteiger partial charge in [0.15, 0.2) is 0 Å². The van der Waals surface area contributed by atoms with Crippen LogP contribution in [0.4, 0.5) is 4.39 Å². The molecule has 23 heavy (non-hydrogen) atoms. The minimum atomic E-state index is -0.263. The molecule has 118 valence electrons. The zero-order valence-electron chi connectivity index (χ0n) is 12.8. The van der Waals surface area contributed by atoms with E-state index in [0.717, 1.165) is 28.2 Å². The number of hydrogen-bond donors (Lipinski definition) is 1. The molecule has 0 aliphatic rings. The fraction of sp³-hybridized carbons (Fsp3) is 0.167. The smallest absolute Gasteiger partial charge is 0.123 e. The quantitative estimate of drug-likeness (QED) is 0.781. The van der Waals surface area contributed by atoms with Gasteiger partial charge in [0.05, 0.1) is 17.1 Å². The molecule has 0 aliphatic heterocycles. The highest BCUT2D eigenvalue weighted by Gasteiger charge is 2.14. The van der Waals surface area contributed by atoms with E-state index in [4.69, 9.17) is 17.3 Å². The molecule has 0 saturated heterocycles. The summed E-state index contributed by atoms with van der Waals surface area (Å²) in [5, 5.41) is 5.34. The molecule has 3 rings (SSSR count). The van der Waals surface area contributed by atoms with Crippen molar-refractivity contribution in [2.24, 2.45) is 5.73 Å². The monoisotopic (exact) mass is 329 g/mol. The van der Waals surface area contributed by atoms with Crippen LogP contribution in [0.3, 0.4) is 0 Å². The van der Waals surface area contributed by atoms with Gasteiger partial charge in [0.25, 0.3) is 0 Å². The van der Waals surface area contributed by atoms with Crippen LogP contribution in [0.25, 0.3) is 16.9 Å². The molecule has 0 saturated carbocycles. The Morgan fingerprint density at radius 1 is 1.17 bits per heavy atom. The first-order valence-corrected chi connectivity index (χ1v) is 7.78. The van der Waals surface area contributed by atoms with Crippen molar-refractivity contribution in [1.82, 2.24) is 9.78 Å². The molecule has 5 heteroatoms. The first kappa shape index (κ1) is 15.7. The van der Waals surface area contributed by atoms with E-state index in [9.17, 15) is 4.39 Å². The van der Waals surface area contributed by atoms with E-state index < -0.39 is 0 Å². The van der Waals surface area contributed by atoms with Crippen LogP contribution < -0.4 is 5.73 Å². The average Bonchev–Trinajstić information content (AvgIpc) is 2.95. The molecular weight excluding hydrogens is 313 g/mol.